The Balaban J connectivity index is 1.88. The molecule has 6 nitrogen and oxygen atoms in total. The number of hydrogen-bond donors (Lipinski definition) is 1. The van der Waals surface area contributed by atoms with E-state index in [0.717, 1.165) is 15.2 Å². The minimum atomic E-state index is -0.437. The van der Waals surface area contributed by atoms with E-state index in [1.54, 1.807) is 24.9 Å². The van der Waals surface area contributed by atoms with Gasteiger partial charge < -0.3 is 4.57 Å². The van der Waals surface area contributed by atoms with Crippen molar-refractivity contribution in [2.45, 2.75) is 49.7 Å². The van der Waals surface area contributed by atoms with Crippen LogP contribution in [-0.2, 0) is 4.79 Å². The number of nitrogens with one attached hydrogen (secondary N) is 1. The number of para-hydroxylation sites is 1. The predicted octanol–water partition coefficient (Wildman–Crippen LogP) is 4.79. The van der Waals surface area contributed by atoms with Gasteiger partial charge in [0.1, 0.15) is 6.04 Å². The Hall–Kier alpha value is -2.19. The molecule has 1 unspecified atom stereocenters. The van der Waals surface area contributed by atoms with Crippen LogP contribution in [-0.4, -0.2) is 31.7 Å². The highest BCUT2D eigenvalue weighted by atomic mass is 32.2. The largest absolute Gasteiger partial charge is 0.334 e. The fourth-order valence-electron chi connectivity index (χ4n) is 2.95. The Morgan fingerprint density at radius 3 is 2.67 bits per heavy atom. The molecule has 1 N–H and O–H groups in total. The summed E-state index contributed by atoms with van der Waals surface area (Å²) in [6, 6.07) is 7.21. The standard InChI is InChI=1S/C19H22N4O2S2/c1-5-15(17(25)20-18-21-22-19(27-18)26-11(2)3)23-10-14(12(4)24)13-8-6-7-9-16(13)23/h6-11,15H,5H2,1-4H3,(H,20,21,25). The van der Waals surface area contributed by atoms with E-state index >= 15 is 0 Å². The molecule has 0 spiro atoms. The number of hydrogen-bond acceptors (Lipinski definition) is 6. The van der Waals surface area contributed by atoms with Crippen LogP contribution in [0.3, 0.4) is 0 Å². The molecule has 0 aliphatic rings. The van der Waals surface area contributed by atoms with Crippen LogP contribution >= 0.6 is 23.1 Å². The van der Waals surface area contributed by atoms with E-state index in [-0.39, 0.29) is 11.7 Å². The van der Waals surface area contributed by atoms with E-state index < -0.39 is 6.04 Å². The molecule has 142 valence electrons. The lowest BCUT2D eigenvalue weighted by atomic mass is 10.1. The number of thioether (sulfide) groups is 1. The number of Topliss-reactive ketones (excluding diaryl/α,β-unsaturated/α-hetero) is 1. The van der Waals surface area contributed by atoms with Crippen LogP contribution < -0.4 is 5.32 Å². The van der Waals surface area contributed by atoms with E-state index in [1.807, 2.05) is 35.8 Å². The second-order valence-corrected chi connectivity index (χ2v) is 9.28. The second kappa shape index (κ2) is 8.22. The summed E-state index contributed by atoms with van der Waals surface area (Å²) >= 11 is 2.99. The van der Waals surface area contributed by atoms with Crippen LogP contribution in [0.5, 0.6) is 0 Å². The average Bonchev–Trinajstić information content (AvgIpc) is 3.20. The van der Waals surface area contributed by atoms with Gasteiger partial charge in [-0.1, -0.05) is 62.1 Å². The van der Waals surface area contributed by atoms with Crippen molar-refractivity contribution in [3.8, 4) is 0 Å². The van der Waals surface area contributed by atoms with Crippen molar-refractivity contribution < 1.29 is 9.59 Å². The van der Waals surface area contributed by atoms with Crippen LogP contribution in [0.4, 0.5) is 5.13 Å². The molecule has 0 saturated heterocycles. The summed E-state index contributed by atoms with van der Waals surface area (Å²) in [5.74, 6) is -0.176. The van der Waals surface area contributed by atoms with E-state index in [4.69, 9.17) is 0 Å². The summed E-state index contributed by atoms with van der Waals surface area (Å²) in [5.41, 5.74) is 1.50. The zero-order chi connectivity index (χ0) is 19.6. The van der Waals surface area contributed by atoms with Gasteiger partial charge in [0, 0.05) is 27.9 Å². The molecule has 3 aromatic rings. The number of ketones is 1. The maximum Gasteiger partial charge on any atom is 0.249 e. The lowest BCUT2D eigenvalue weighted by molar-refractivity contribution is -0.119. The highest BCUT2D eigenvalue weighted by Crippen LogP contribution is 2.30. The second-order valence-electron chi connectivity index (χ2n) is 6.48. The predicted molar refractivity (Wildman–Crippen MR) is 111 cm³/mol. The van der Waals surface area contributed by atoms with Gasteiger partial charge in [0.25, 0.3) is 0 Å². The van der Waals surface area contributed by atoms with Gasteiger partial charge in [-0.05, 0) is 19.4 Å². The van der Waals surface area contributed by atoms with Gasteiger partial charge >= 0.3 is 0 Å². The zero-order valence-corrected chi connectivity index (χ0v) is 17.4. The maximum atomic E-state index is 12.9. The van der Waals surface area contributed by atoms with Gasteiger partial charge in [-0.2, -0.15) is 0 Å². The number of benzene rings is 1. The summed E-state index contributed by atoms with van der Waals surface area (Å²) in [4.78, 5) is 24.9. The molecule has 0 aliphatic carbocycles. The number of fused-ring (bicyclic) bond motifs is 1. The third kappa shape index (κ3) is 4.22. The van der Waals surface area contributed by atoms with Crippen LogP contribution in [0.2, 0.25) is 0 Å². The number of rotatable bonds is 7. The molecule has 1 aromatic carbocycles. The first-order chi connectivity index (χ1) is 12.9. The monoisotopic (exact) mass is 402 g/mol. The molecule has 1 amide bonds. The molecule has 3 rings (SSSR count). The molecule has 0 radical (unpaired) electrons. The minimum Gasteiger partial charge on any atom is -0.334 e. The van der Waals surface area contributed by atoms with E-state index in [2.05, 4.69) is 29.4 Å². The van der Waals surface area contributed by atoms with Crippen molar-refractivity contribution in [3.63, 3.8) is 0 Å². The molecule has 27 heavy (non-hydrogen) atoms. The average molecular weight is 403 g/mol. The molecule has 2 aromatic heterocycles. The molecule has 2 heterocycles. The van der Waals surface area contributed by atoms with E-state index in [0.29, 0.717) is 22.4 Å². The highest BCUT2D eigenvalue weighted by Gasteiger charge is 2.23. The van der Waals surface area contributed by atoms with Gasteiger partial charge in [0.2, 0.25) is 11.0 Å². The molecular formula is C19H22N4O2S2. The first-order valence-corrected chi connectivity index (χ1v) is 10.5. The molecule has 8 heteroatoms. The van der Waals surface area contributed by atoms with Gasteiger partial charge in [0.15, 0.2) is 10.1 Å². The Morgan fingerprint density at radius 2 is 2.00 bits per heavy atom. The first-order valence-electron chi connectivity index (χ1n) is 8.82. The first kappa shape index (κ1) is 19.6. The summed E-state index contributed by atoms with van der Waals surface area (Å²) in [6.45, 7) is 7.66. The van der Waals surface area contributed by atoms with Crippen molar-refractivity contribution in [1.82, 2.24) is 14.8 Å². The zero-order valence-electron chi connectivity index (χ0n) is 15.7. The Bertz CT molecular complexity index is 977. The topological polar surface area (TPSA) is 76.9 Å². The lowest BCUT2D eigenvalue weighted by Crippen LogP contribution is -2.25. The number of carbonyl (C=O) groups is 2. The fraction of sp³-hybridized carbons (Fsp3) is 0.368. The molecular weight excluding hydrogens is 380 g/mol. The van der Waals surface area contributed by atoms with Gasteiger partial charge in [0.05, 0.1) is 0 Å². The molecule has 0 bridgehead atoms. The number of aromatic nitrogens is 3. The fourth-order valence-corrected chi connectivity index (χ4v) is 4.93. The van der Waals surface area contributed by atoms with E-state index in [9.17, 15) is 9.59 Å². The Kier molecular flexibility index (Phi) is 5.96. The maximum absolute atomic E-state index is 12.9. The van der Waals surface area contributed by atoms with Crippen LogP contribution in [0.1, 0.15) is 50.5 Å². The quantitative estimate of drug-likeness (QED) is 0.349. The summed E-state index contributed by atoms with van der Waals surface area (Å²) < 4.78 is 2.71. The van der Waals surface area contributed by atoms with Gasteiger partial charge in [-0.15, -0.1) is 10.2 Å². The summed E-state index contributed by atoms with van der Waals surface area (Å²) in [7, 11) is 0. The summed E-state index contributed by atoms with van der Waals surface area (Å²) in [5, 5.41) is 12.8. The Morgan fingerprint density at radius 1 is 1.26 bits per heavy atom. The molecule has 0 aliphatic heterocycles. The highest BCUT2D eigenvalue weighted by molar-refractivity contribution is 8.01. The molecule has 1 atom stereocenters. The lowest BCUT2D eigenvalue weighted by Gasteiger charge is -2.17. The van der Waals surface area contributed by atoms with Crippen molar-refractivity contribution in [2.24, 2.45) is 0 Å². The van der Waals surface area contributed by atoms with Crippen LogP contribution in [0.25, 0.3) is 10.9 Å². The normalized spacial score (nSPS) is 12.5. The smallest absolute Gasteiger partial charge is 0.249 e. The third-order valence-corrected chi connectivity index (χ3v) is 6.04. The van der Waals surface area contributed by atoms with Crippen molar-refractivity contribution >= 4 is 50.8 Å². The van der Waals surface area contributed by atoms with Crippen molar-refractivity contribution in [2.75, 3.05) is 5.32 Å². The van der Waals surface area contributed by atoms with Crippen molar-refractivity contribution in [3.05, 3.63) is 36.0 Å². The van der Waals surface area contributed by atoms with E-state index in [1.165, 1.54) is 11.3 Å². The summed E-state index contributed by atoms with van der Waals surface area (Å²) in [6.07, 6.45) is 2.37. The SMILES string of the molecule is CCC(C(=O)Nc1nnc(SC(C)C)s1)n1cc(C(C)=O)c2ccccc21. The Labute approximate surface area is 166 Å². The minimum absolute atomic E-state index is 0.0142. The number of amides is 1. The van der Waals surface area contributed by atoms with Crippen LogP contribution in [0.15, 0.2) is 34.8 Å². The van der Waals surface area contributed by atoms with Crippen LogP contribution in [0, 0.1) is 0 Å². The molecule has 0 fully saturated rings. The third-order valence-electron chi connectivity index (χ3n) is 4.12. The molecule has 0 saturated carbocycles. The van der Waals surface area contributed by atoms with Gasteiger partial charge in [-0.25, -0.2) is 0 Å². The number of nitrogens with zero attached hydrogens (tertiary/aromatic N) is 3. The number of anilines is 1. The van der Waals surface area contributed by atoms with Gasteiger partial charge in [-0.3, -0.25) is 14.9 Å². The number of carbonyl (C=O) groups excluding carboxylic acids is 2. The van der Waals surface area contributed by atoms with Crippen molar-refractivity contribution in [1.29, 1.82) is 0 Å².